The van der Waals surface area contributed by atoms with Gasteiger partial charge in [-0.15, -0.1) is 0 Å². The molecule has 4 aromatic rings. The van der Waals surface area contributed by atoms with Crippen LogP contribution in [0.25, 0.3) is 0 Å². The van der Waals surface area contributed by atoms with Crippen molar-refractivity contribution >= 4 is 11.7 Å². The number of aromatic nitrogens is 2. The standard InChI is InChI=1S/C25H19F4N3O2/c1-15-3-2-4-17(11-15)13-32-10-9-21(31-32)30-25(33)18-7-5-16(6-8-18)14-34-24-22(28)19(26)12-20(27)23(24)29/h2-12H,13-14H2,1H3,(H,30,31,33). The molecular formula is C25H19F4N3O2. The molecule has 1 heterocycles. The van der Waals surface area contributed by atoms with E-state index in [9.17, 15) is 22.4 Å². The molecule has 1 amide bonds. The Balaban J connectivity index is 1.36. The lowest BCUT2D eigenvalue weighted by molar-refractivity contribution is 0.102. The number of aryl methyl sites for hydroxylation is 1. The Morgan fingerprint density at radius 2 is 1.65 bits per heavy atom. The van der Waals surface area contributed by atoms with Gasteiger partial charge in [0.25, 0.3) is 5.91 Å². The molecule has 1 N–H and O–H groups in total. The van der Waals surface area contributed by atoms with Gasteiger partial charge in [-0.2, -0.15) is 13.9 Å². The van der Waals surface area contributed by atoms with Crippen LogP contribution in [0, 0.1) is 30.2 Å². The maximum atomic E-state index is 13.7. The van der Waals surface area contributed by atoms with Crippen molar-refractivity contribution in [1.29, 1.82) is 0 Å². The van der Waals surface area contributed by atoms with Gasteiger partial charge in [0.15, 0.2) is 23.2 Å². The van der Waals surface area contributed by atoms with E-state index in [1.165, 1.54) is 24.3 Å². The van der Waals surface area contributed by atoms with E-state index in [0.29, 0.717) is 23.5 Å². The minimum Gasteiger partial charge on any atom is -0.483 e. The topological polar surface area (TPSA) is 56.2 Å². The smallest absolute Gasteiger partial charge is 0.256 e. The fourth-order valence-corrected chi connectivity index (χ4v) is 3.29. The van der Waals surface area contributed by atoms with Crippen LogP contribution in [0.2, 0.25) is 0 Å². The van der Waals surface area contributed by atoms with E-state index in [-0.39, 0.29) is 12.7 Å². The van der Waals surface area contributed by atoms with Crippen molar-refractivity contribution < 1.29 is 27.1 Å². The van der Waals surface area contributed by atoms with Crippen LogP contribution in [0.4, 0.5) is 23.4 Å². The molecule has 0 radical (unpaired) electrons. The van der Waals surface area contributed by atoms with Gasteiger partial charge in [0.1, 0.15) is 6.61 Å². The number of carbonyl (C=O) groups is 1. The van der Waals surface area contributed by atoms with Gasteiger partial charge in [-0.3, -0.25) is 9.48 Å². The van der Waals surface area contributed by atoms with Crippen LogP contribution in [-0.2, 0) is 13.2 Å². The van der Waals surface area contributed by atoms with Crippen LogP contribution in [0.15, 0.2) is 66.9 Å². The summed E-state index contributed by atoms with van der Waals surface area (Å²) in [6.45, 7) is 2.21. The predicted molar refractivity (Wildman–Crippen MR) is 118 cm³/mol. The van der Waals surface area contributed by atoms with Gasteiger partial charge in [0, 0.05) is 23.9 Å². The number of amides is 1. The molecule has 174 valence electrons. The highest BCUT2D eigenvalue weighted by Crippen LogP contribution is 2.27. The lowest BCUT2D eigenvalue weighted by Gasteiger charge is -2.10. The van der Waals surface area contributed by atoms with Gasteiger partial charge in [-0.05, 0) is 30.2 Å². The van der Waals surface area contributed by atoms with Gasteiger partial charge in [0.05, 0.1) is 6.54 Å². The monoisotopic (exact) mass is 469 g/mol. The van der Waals surface area contributed by atoms with Crippen LogP contribution >= 0.6 is 0 Å². The SMILES string of the molecule is Cc1cccc(Cn2ccc(NC(=O)c3ccc(COc4c(F)c(F)cc(F)c4F)cc3)n2)c1. The molecule has 3 aromatic carbocycles. The fraction of sp³-hybridized carbons (Fsp3) is 0.120. The first-order valence-corrected chi connectivity index (χ1v) is 10.3. The molecule has 0 saturated heterocycles. The molecule has 4 rings (SSSR count). The van der Waals surface area contributed by atoms with E-state index in [2.05, 4.69) is 16.5 Å². The molecule has 5 nitrogen and oxygen atoms in total. The molecular weight excluding hydrogens is 450 g/mol. The minimum absolute atomic E-state index is 0.108. The first kappa shape index (κ1) is 23.0. The zero-order valence-corrected chi connectivity index (χ0v) is 18.0. The number of anilines is 1. The van der Waals surface area contributed by atoms with Gasteiger partial charge in [0.2, 0.25) is 11.6 Å². The Bertz CT molecular complexity index is 1310. The van der Waals surface area contributed by atoms with Crippen LogP contribution in [0.5, 0.6) is 5.75 Å². The Morgan fingerprint density at radius 3 is 2.32 bits per heavy atom. The third kappa shape index (κ3) is 5.25. The molecule has 0 spiro atoms. The first-order valence-electron chi connectivity index (χ1n) is 10.3. The summed E-state index contributed by atoms with van der Waals surface area (Å²) in [6.07, 6.45) is 1.76. The van der Waals surface area contributed by atoms with E-state index in [4.69, 9.17) is 4.74 Å². The summed E-state index contributed by atoms with van der Waals surface area (Å²) >= 11 is 0. The zero-order chi connectivity index (χ0) is 24.2. The Morgan fingerprint density at radius 1 is 0.941 bits per heavy atom. The molecule has 0 saturated carbocycles. The van der Waals surface area contributed by atoms with E-state index < -0.39 is 34.9 Å². The molecule has 0 unspecified atom stereocenters. The predicted octanol–water partition coefficient (Wildman–Crippen LogP) is 5.63. The number of halogens is 4. The second-order valence-electron chi connectivity index (χ2n) is 7.62. The van der Waals surface area contributed by atoms with Gasteiger partial charge in [-0.25, -0.2) is 8.78 Å². The number of ether oxygens (including phenoxy) is 1. The maximum absolute atomic E-state index is 13.7. The van der Waals surface area contributed by atoms with Crippen molar-refractivity contribution in [2.45, 2.75) is 20.1 Å². The van der Waals surface area contributed by atoms with Crippen LogP contribution < -0.4 is 10.1 Å². The van der Waals surface area contributed by atoms with Crippen molar-refractivity contribution in [2.24, 2.45) is 0 Å². The molecule has 0 fully saturated rings. The number of carbonyl (C=O) groups excluding carboxylic acids is 1. The number of benzene rings is 3. The van der Waals surface area contributed by atoms with Gasteiger partial charge >= 0.3 is 0 Å². The first-order chi connectivity index (χ1) is 16.3. The highest BCUT2D eigenvalue weighted by atomic mass is 19.2. The van der Waals surface area contributed by atoms with E-state index >= 15 is 0 Å². The third-order valence-electron chi connectivity index (χ3n) is 4.98. The van der Waals surface area contributed by atoms with Crippen LogP contribution in [-0.4, -0.2) is 15.7 Å². The normalized spacial score (nSPS) is 10.9. The summed E-state index contributed by atoms with van der Waals surface area (Å²) in [5.41, 5.74) is 2.97. The van der Waals surface area contributed by atoms with E-state index in [0.717, 1.165) is 11.1 Å². The number of nitrogens with one attached hydrogen (secondary N) is 1. The van der Waals surface area contributed by atoms with Crippen LogP contribution in [0.3, 0.4) is 0 Å². The summed E-state index contributed by atoms with van der Waals surface area (Å²) in [6, 6.07) is 15.8. The molecule has 34 heavy (non-hydrogen) atoms. The van der Waals surface area contributed by atoms with Crippen molar-refractivity contribution in [3.8, 4) is 5.75 Å². The van der Waals surface area contributed by atoms with Crippen molar-refractivity contribution in [2.75, 3.05) is 5.32 Å². The molecule has 0 aliphatic rings. The van der Waals surface area contributed by atoms with Crippen LogP contribution in [0.1, 0.15) is 27.0 Å². The number of hydrogen-bond donors (Lipinski definition) is 1. The molecule has 1 aromatic heterocycles. The summed E-state index contributed by atoms with van der Waals surface area (Å²) in [5, 5.41) is 7.04. The van der Waals surface area contributed by atoms with Crippen molar-refractivity contribution in [1.82, 2.24) is 9.78 Å². The molecule has 0 atom stereocenters. The Hall–Kier alpha value is -4.14. The number of hydrogen-bond acceptors (Lipinski definition) is 3. The summed E-state index contributed by atoms with van der Waals surface area (Å²) in [4.78, 5) is 12.5. The quantitative estimate of drug-likeness (QED) is 0.282. The van der Waals surface area contributed by atoms with Crippen molar-refractivity contribution in [3.63, 3.8) is 0 Å². The minimum atomic E-state index is -1.61. The maximum Gasteiger partial charge on any atom is 0.256 e. The third-order valence-corrected chi connectivity index (χ3v) is 4.98. The Labute approximate surface area is 192 Å². The zero-order valence-electron chi connectivity index (χ0n) is 18.0. The molecule has 0 bridgehead atoms. The average Bonchev–Trinajstić information content (AvgIpc) is 3.24. The lowest BCUT2D eigenvalue weighted by Crippen LogP contribution is -2.13. The molecule has 0 aliphatic carbocycles. The van der Waals surface area contributed by atoms with Gasteiger partial charge < -0.3 is 10.1 Å². The second kappa shape index (κ2) is 9.78. The number of nitrogens with zero attached hydrogens (tertiary/aromatic N) is 2. The Kier molecular flexibility index (Phi) is 6.62. The fourth-order valence-electron chi connectivity index (χ4n) is 3.29. The van der Waals surface area contributed by atoms with E-state index in [1.807, 2.05) is 25.1 Å². The van der Waals surface area contributed by atoms with Gasteiger partial charge in [-0.1, -0.05) is 42.0 Å². The van der Waals surface area contributed by atoms with Crippen molar-refractivity contribution in [3.05, 3.63) is 112 Å². The molecule has 9 heteroatoms. The summed E-state index contributed by atoms with van der Waals surface area (Å²) < 4.78 is 60.6. The largest absolute Gasteiger partial charge is 0.483 e. The average molecular weight is 469 g/mol. The summed E-state index contributed by atoms with van der Waals surface area (Å²) in [5.74, 6) is -7.50. The number of rotatable bonds is 7. The lowest BCUT2D eigenvalue weighted by atomic mass is 10.1. The molecule has 0 aliphatic heterocycles. The second-order valence-corrected chi connectivity index (χ2v) is 7.62. The summed E-state index contributed by atoms with van der Waals surface area (Å²) in [7, 11) is 0. The highest BCUT2D eigenvalue weighted by Gasteiger charge is 2.20. The van der Waals surface area contributed by atoms with E-state index in [1.54, 1.807) is 16.9 Å². The highest BCUT2D eigenvalue weighted by molar-refractivity contribution is 6.03.